The van der Waals surface area contributed by atoms with E-state index < -0.39 is 7.12 Å². The molecule has 6 nitrogen and oxygen atoms in total. The summed E-state index contributed by atoms with van der Waals surface area (Å²) in [5.41, 5.74) is 1.92. The number of carbonyl (C=O) groups excluding carboxylic acids is 1. The van der Waals surface area contributed by atoms with E-state index in [1.165, 1.54) is 11.3 Å². The molecule has 2 aromatic rings. The number of benzene rings is 1. The Labute approximate surface area is 114 Å². The maximum Gasteiger partial charge on any atom is 0.488 e. The van der Waals surface area contributed by atoms with E-state index in [9.17, 15) is 14.8 Å². The van der Waals surface area contributed by atoms with E-state index in [1.54, 1.807) is 12.1 Å². The second-order valence-corrected chi connectivity index (χ2v) is 5.06. The Bertz CT molecular complexity index is 614. The highest BCUT2D eigenvalue weighted by Crippen LogP contribution is 2.27. The van der Waals surface area contributed by atoms with Gasteiger partial charge in [0.15, 0.2) is 5.13 Å². The molecule has 0 atom stereocenters. The van der Waals surface area contributed by atoms with Crippen molar-refractivity contribution in [2.24, 2.45) is 0 Å². The Morgan fingerprint density at radius 1 is 1.47 bits per heavy atom. The third-order valence-corrected chi connectivity index (χ3v) is 3.68. The number of hydrogen-bond acceptors (Lipinski definition) is 5. The maximum atomic E-state index is 11.4. The number of aryl methyl sites for hydroxylation is 1. The molecule has 2 amide bonds. The Morgan fingerprint density at radius 2 is 2.21 bits per heavy atom. The molecule has 19 heavy (non-hydrogen) atoms. The fourth-order valence-electron chi connectivity index (χ4n) is 1.73. The van der Waals surface area contributed by atoms with Gasteiger partial charge in [-0.2, -0.15) is 0 Å². The summed E-state index contributed by atoms with van der Waals surface area (Å²) in [6.07, 6.45) is 0. The summed E-state index contributed by atoms with van der Waals surface area (Å²) in [5, 5.41) is 24.1. The lowest BCUT2D eigenvalue weighted by atomic mass is 9.79. The van der Waals surface area contributed by atoms with Crippen molar-refractivity contribution >= 4 is 45.3 Å². The summed E-state index contributed by atoms with van der Waals surface area (Å²) in [7, 11) is -1.52. The molecule has 0 bridgehead atoms. The van der Waals surface area contributed by atoms with Crippen molar-refractivity contribution in [3.05, 3.63) is 17.7 Å². The van der Waals surface area contributed by atoms with Crippen LogP contribution in [0.5, 0.6) is 0 Å². The monoisotopic (exact) mass is 279 g/mol. The smallest absolute Gasteiger partial charge is 0.423 e. The zero-order valence-electron chi connectivity index (χ0n) is 10.6. The molecule has 4 N–H and O–H groups in total. The molecule has 0 saturated carbocycles. The van der Waals surface area contributed by atoms with Gasteiger partial charge in [-0.05, 0) is 30.9 Å². The van der Waals surface area contributed by atoms with Gasteiger partial charge >= 0.3 is 13.1 Å². The zero-order valence-corrected chi connectivity index (χ0v) is 11.4. The van der Waals surface area contributed by atoms with Gasteiger partial charge in [0.25, 0.3) is 0 Å². The minimum atomic E-state index is -1.52. The van der Waals surface area contributed by atoms with Crippen LogP contribution >= 0.6 is 11.3 Å². The Kier molecular flexibility index (Phi) is 4.03. The minimum absolute atomic E-state index is 0.304. The number of carbonyl (C=O) groups is 1. The van der Waals surface area contributed by atoms with Crippen LogP contribution in [0.2, 0.25) is 0 Å². The Hall–Kier alpha value is -1.64. The quantitative estimate of drug-likeness (QED) is 0.613. The number of amides is 2. The normalized spacial score (nSPS) is 10.5. The summed E-state index contributed by atoms with van der Waals surface area (Å²) in [5.74, 6) is 0. The molecule has 1 aromatic heterocycles. The standard InChI is InChI=1S/C11H14BN3O3S/c1-3-13-10(16)15-11-14-8-5-7(12(17)18)4-6(2)9(8)19-11/h4-5,17-18H,3H2,1-2H3,(H2,13,14,15,16). The Balaban J connectivity index is 2.34. The van der Waals surface area contributed by atoms with Crippen LogP contribution in [0.1, 0.15) is 12.5 Å². The molecule has 0 aliphatic carbocycles. The summed E-state index contributed by atoms with van der Waals surface area (Å²) >= 11 is 1.35. The molecule has 0 aliphatic rings. The first-order valence-electron chi connectivity index (χ1n) is 5.83. The summed E-state index contributed by atoms with van der Waals surface area (Å²) < 4.78 is 0.913. The zero-order chi connectivity index (χ0) is 14.0. The van der Waals surface area contributed by atoms with Crippen LogP contribution in [0, 0.1) is 6.92 Å². The number of anilines is 1. The van der Waals surface area contributed by atoms with Gasteiger partial charge in [0, 0.05) is 6.54 Å². The first-order chi connectivity index (χ1) is 9.01. The van der Waals surface area contributed by atoms with Crippen LogP contribution in [-0.4, -0.2) is 34.7 Å². The van der Waals surface area contributed by atoms with Crippen molar-refractivity contribution in [3.8, 4) is 0 Å². The molecule has 0 spiro atoms. The second kappa shape index (κ2) is 5.56. The Morgan fingerprint density at radius 3 is 2.84 bits per heavy atom. The van der Waals surface area contributed by atoms with Crippen molar-refractivity contribution < 1.29 is 14.8 Å². The molecule has 0 unspecified atom stereocenters. The molecule has 2 rings (SSSR count). The predicted molar refractivity (Wildman–Crippen MR) is 76.9 cm³/mol. The lowest BCUT2D eigenvalue weighted by Gasteiger charge is -2.01. The van der Waals surface area contributed by atoms with Crippen LogP contribution < -0.4 is 16.1 Å². The molecule has 100 valence electrons. The molecule has 0 fully saturated rings. The maximum absolute atomic E-state index is 11.4. The van der Waals surface area contributed by atoms with Crippen LogP contribution in [0.4, 0.5) is 9.93 Å². The van der Waals surface area contributed by atoms with Crippen LogP contribution in [0.25, 0.3) is 10.2 Å². The number of nitrogens with zero attached hydrogens (tertiary/aromatic N) is 1. The van der Waals surface area contributed by atoms with Gasteiger partial charge < -0.3 is 15.4 Å². The minimum Gasteiger partial charge on any atom is -0.423 e. The molecule has 8 heteroatoms. The molecular formula is C11H14BN3O3S. The van der Waals surface area contributed by atoms with Gasteiger partial charge in [-0.1, -0.05) is 17.4 Å². The third kappa shape index (κ3) is 3.03. The van der Waals surface area contributed by atoms with Gasteiger partial charge in [0.2, 0.25) is 0 Å². The third-order valence-electron chi connectivity index (χ3n) is 2.55. The average Bonchev–Trinajstić information content (AvgIpc) is 2.72. The van der Waals surface area contributed by atoms with Crippen molar-refractivity contribution in [1.82, 2.24) is 10.3 Å². The van der Waals surface area contributed by atoms with E-state index >= 15 is 0 Å². The number of hydrogen-bond donors (Lipinski definition) is 4. The van der Waals surface area contributed by atoms with E-state index in [-0.39, 0.29) is 6.03 Å². The van der Waals surface area contributed by atoms with Crippen molar-refractivity contribution in [2.45, 2.75) is 13.8 Å². The summed E-state index contributed by atoms with van der Waals surface area (Å²) in [4.78, 5) is 15.7. The number of thiazole rings is 1. The SMILES string of the molecule is CCNC(=O)Nc1nc2cc(B(O)O)cc(C)c2s1. The fourth-order valence-corrected chi connectivity index (χ4v) is 2.64. The molecule has 1 heterocycles. The van der Waals surface area contributed by atoms with E-state index in [1.807, 2.05) is 13.8 Å². The number of nitrogens with one attached hydrogen (secondary N) is 2. The van der Waals surface area contributed by atoms with E-state index in [4.69, 9.17) is 0 Å². The number of aromatic nitrogens is 1. The molecule has 1 aromatic carbocycles. The first-order valence-corrected chi connectivity index (χ1v) is 6.65. The molecule has 0 radical (unpaired) electrons. The van der Waals surface area contributed by atoms with E-state index in [2.05, 4.69) is 15.6 Å². The summed E-state index contributed by atoms with van der Waals surface area (Å²) in [6, 6.07) is 3.00. The molecule has 0 aliphatic heterocycles. The fraction of sp³-hybridized carbons (Fsp3) is 0.273. The highest BCUT2D eigenvalue weighted by molar-refractivity contribution is 7.22. The average molecular weight is 279 g/mol. The van der Waals surface area contributed by atoms with Gasteiger partial charge in [-0.15, -0.1) is 0 Å². The van der Waals surface area contributed by atoms with Gasteiger partial charge in [0.05, 0.1) is 10.2 Å². The van der Waals surface area contributed by atoms with E-state index in [0.29, 0.717) is 22.7 Å². The van der Waals surface area contributed by atoms with Crippen molar-refractivity contribution in [3.63, 3.8) is 0 Å². The van der Waals surface area contributed by atoms with Crippen molar-refractivity contribution in [1.29, 1.82) is 0 Å². The van der Waals surface area contributed by atoms with Gasteiger partial charge in [0.1, 0.15) is 0 Å². The predicted octanol–water partition coefficient (Wildman–Crippen LogP) is 0.426. The highest BCUT2D eigenvalue weighted by atomic mass is 32.1. The molecular weight excluding hydrogens is 265 g/mol. The first kappa shape index (κ1) is 13.8. The van der Waals surface area contributed by atoms with Crippen LogP contribution in [0.3, 0.4) is 0 Å². The van der Waals surface area contributed by atoms with Crippen LogP contribution in [0.15, 0.2) is 12.1 Å². The summed E-state index contributed by atoms with van der Waals surface area (Å²) in [6.45, 7) is 4.23. The van der Waals surface area contributed by atoms with E-state index in [0.717, 1.165) is 10.3 Å². The lowest BCUT2D eigenvalue weighted by Crippen LogP contribution is -2.29. The van der Waals surface area contributed by atoms with Crippen molar-refractivity contribution in [2.75, 3.05) is 11.9 Å². The number of rotatable bonds is 3. The van der Waals surface area contributed by atoms with Crippen LogP contribution in [-0.2, 0) is 0 Å². The lowest BCUT2D eigenvalue weighted by molar-refractivity contribution is 0.252. The number of fused-ring (bicyclic) bond motifs is 1. The second-order valence-electron chi connectivity index (χ2n) is 4.06. The van der Waals surface area contributed by atoms with Gasteiger partial charge in [-0.25, -0.2) is 9.78 Å². The largest absolute Gasteiger partial charge is 0.488 e. The van der Waals surface area contributed by atoms with Gasteiger partial charge in [-0.3, -0.25) is 5.32 Å². The topological polar surface area (TPSA) is 94.5 Å². The number of urea groups is 1. The molecule has 0 saturated heterocycles. The highest BCUT2D eigenvalue weighted by Gasteiger charge is 2.15.